The van der Waals surface area contributed by atoms with Crippen molar-refractivity contribution in [2.75, 3.05) is 38.5 Å². The van der Waals surface area contributed by atoms with Gasteiger partial charge in [0.2, 0.25) is 0 Å². The number of carbonyl (C=O) groups is 1. The molecule has 1 aromatic rings. The Balaban J connectivity index is 2.02. The van der Waals surface area contributed by atoms with Crippen LogP contribution in [0.1, 0.15) is 6.42 Å². The lowest BCUT2D eigenvalue weighted by Crippen LogP contribution is -2.37. The maximum atomic E-state index is 12.1. The minimum atomic E-state index is -0.201. The lowest BCUT2D eigenvalue weighted by Gasteiger charge is -2.21. The van der Waals surface area contributed by atoms with Gasteiger partial charge in [0.25, 0.3) is 0 Å². The molecular weight excluding hydrogens is 266 g/mol. The van der Waals surface area contributed by atoms with E-state index in [9.17, 15) is 9.90 Å². The Morgan fingerprint density at radius 3 is 2.89 bits per heavy atom. The summed E-state index contributed by atoms with van der Waals surface area (Å²) in [7, 11) is 2.05. The predicted octanol–water partition coefficient (Wildman–Crippen LogP) is 2.21. The van der Waals surface area contributed by atoms with Crippen molar-refractivity contribution in [3.8, 4) is 5.75 Å². The third kappa shape index (κ3) is 3.75. The molecule has 6 heteroatoms. The normalized spacial score (nSPS) is 17.1. The van der Waals surface area contributed by atoms with Gasteiger partial charge in [-0.2, -0.15) is 0 Å². The molecule has 0 aromatic heterocycles. The van der Waals surface area contributed by atoms with Gasteiger partial charge in [0, 0.05) is 24.7 Å². The molecule has 0 aliphatic carbocycles. The number of likely N-dealkylation sites (N-methyl/N-ethyl adjacent to an activating group) is 1. The highest BCUT2D eigenvalue weighted by Gasteiger charge is 2.18. The van der Waals surface area contributed by atoms with Crippen LogP contribution in [0.15, 0.2) is 18.2 Å². The fraction of sp³-hybridized carbons (Fsp3) is 0.462. The molecule has 19 heavy (non-hydrogen) atoms. The Hall–Kier alpha value is -1.46. The Kier molecular flexibility index (Phi) is 4.50. The van der Waals surface area contributed by atoms with E-state index in [1.54, 1.807) is 17.0 Å². The molecule has 0 bridgehead atoms. The predicted molar refractivity (Wildman–Crippen MR) is 75.8 cm³/mol. The number of nitrogens with one attached hydrogen (secondary N) is 1. The summed E-state index contributed by atoms with van der Waals surface area (Å²) in [6, 6.07) is 4.38. The molecule has 2 amide bonds. The molecule has 1 heterocycles. The first-order valence-corrected chi connectivity index (χ1v) is 6.67. The van der Waals surface area contributed by atoms with E-state index in [0.717, 1.165) is 26.1 Å². The summed E-state index contributed by atoms with van der Waals surface area (Å²) in [5.74, 6) is 0.0182. The molecule has 5 nitrogen and oxygen atoms in total. The summed E-state index contributed by atoms with van der Waals surface area (Å²) in [6.45, 7) is 3.25. The topological polar surface area (TPSA) is 55.8 Å². The molecular formula is C13H18ClN3O2. The van der Waals surface area contributed by atoms with Crippen LogP contribution in [-0.2, 0) is 0 Å². The van der Waals surface area contributed by atoms with Crippen molar-refractivity contribution in [3.05, 3.63) is 23.2 Å². The van der Waals surface area contributed by atoms with Crippen LogP contribution in [0, 0.1) is 0 Å². The zero-order valence-corrected chi connectivity index (χ0v) is 11.7. The first-order valence-electron chi connectivity index (χ1n) is 6.29. The number of benzene rings is 1. The highest BCUT2D eigenvalue weighted by Crippen LogP contribution is 2.26. The summed E-state index contributed by atoms with van der Waals surface area (Å²) in [5.41, 5.74) is 0.343. The number of urea groups is 1. The van der Waals surface area contributed by atoms with Gasteiger partial charge in [-0.25, -0.2) is 4.79 Å². The maximum absolute atomic E-state index is 12.1. The van der Waals surface area contributed by atoms with E-state index in [-0.39, 0.29) is 11.8 Å². The van der Waals surface area contributed by atoms with Crippen LogP contribution < -0.4 is 5.32 Å². The zero-order chi connectivity index (χ0) is 13.8. The molecule has 0 radical (unpaired) electrons. The molecule has 1 aliphatic rings. The number of hydrogen-bond acceptors (Lipinski definition) is 3. The summed E-state index contributed by atoms with van der Waals surface area (Å²) in [4.78, 5) is 16.1. The molecule has 0 atom stereocenters. The van der Waals surface area contributed by atoms with E-state index in [2.05, 4.69) is 10.2 Å². The lowest BCUT2D eigenvalue weighted by molar-refractivity contribution is 0.213. The lowest BCUT2D eigenvalue weighted by atomic mass is 10.3. The molecule has 2 N–H and O–H groups in total. The van der Waals surface area contributed by atoms with Crippen molar-refractivity contribution in [2.45, 2.75) is 6.42 Å². The number of rotatable bonds is 1. The number of hydrogen-bond donors (Lipinski definition) is 2. The smallest absolute Gasteiger partial charge is 0.321 e. The average molecular weight is 284 g/mol. The molecule has 104 valence electrons. The second kappa shape index (κ2) is 6.12. The minimum absolute atomic E-state index is 0.0182. The number of nitrogens with zero attached hydrogens (tertiary/aromatic N) is 2. The van der Waals surface area contributed by atoms with Crippen molar-refractivity contribution in [1.82, 2.24) is 9.80 Å². The van der Waals surface area contributed by atoms with Gasteiger partial charge < -0.3 is 20.2 Å². The minimum Gasteiger partial charge on any atom is -0.506 e. The van der Waals surface area contributed by atoms with Gasteiger partial charge in [0.05, 0.1) is 5.69 Å². The highest BCUT2D eigenvalue weighted by molar-refractivity contribution is 6.31. The highest BCUT2D eigenvalue weighted by atomic mass is 35.5. The van der Waals surface area contributed by atoms with E-state index in [1.165, 1.54) is 6.07 Å². The van der Waals surface area contributed by atoms with Gasteiger partial charge in [-0.3, -0.25) is 0 Å². The maximum Gasteiger partial charge on any atom is 0.321 e. The Bertz CT molecular complexity index is 467. The number of halogens is 1. The van der Waals surface area contributed by atoms with Crippen LogP contribution >= 0.6 is 11.6 Å². The summed E-state index contributed by atoms with van der Waals surface area (Å²) in [5, 5.41) is 12.9. The zero-order valence-electron chi connectivity index (χ0n) is 10.9. The van der Waals surface area contributed by atoms with Crippen molar-refractivity contribution in [3.63, 3.8) is 0 Å². The fourth-order valence-electron chi connectivity index (χ4n) is 2.05. The molecule has 1 aromatic carbocycles. The average Bonchev–Trinajstić information content (AvgIpc) is 2.59. The number of aromatic hydroxyl groups is 1. The third-order valence-corrected chi connectivity index (χ3v) is 3.44. The van der Waals surface area contributed by atoms with Gasteiger partial charge in [0.15, 0.2) is 0 Å². The molecule has 1 fully saturated rings. The van der Waals surface area contributed by atoms with E-state index < -0.39 is 0 Å². The van der Waals surface area contributed by atoms with Crippen molar-refractivity contribution >= 4 is 23.3 Å². The first kappa shape index (κ1) is 14.0. The fourth-order valence-corrected chi connectivity index (χ4v) is 2.22. The summed E-state index contributed by atoms with van der Waals surface area (Å²) in [6.07, 6.45) is 0.950. The first-order chi connectivity index (χ1) is 9.06. The molecule has 0 saturated carbocycles. The largest absolute Gasteiger partial charge is 0.506 e. The van der Waals surface area contributed by atoms with E-state index >= 15 is 0 Å². The summed E-state index contributed by atoms with van der Waals surface area (Å²) >= 11 is 5.85. The number of carbonyl (C=O) groups excluding carboxylic acids is 1. The van der Waals surface area contributed by atoms with Crippen molar-refractivity contribution in [2.24, 2.45) is 0 Å². The van der Waals surface area contributed by atoms with Gasteiger partial charge in [-0.05, 0) is 38.2 Å². The van der Waals surface area contributed by atoms with Crippen LogP contribution in [0.5, 0.6) is 5.75 Å². The Labute approximate surface area is 117 Å². The molecule has 1 aliphatic heterocycles. The monoisotopic (exact) mass is 283 g/mol. The van der Waals surface area contributed by atoms with Gasteiger partial charge >= 0.3 is 6.03 Å². The van der Waals surface area contributed by atoms with E-state index in [4.69, 9.17) is 11.6 Å². The molecule has 0 unspecified atom stereocenters. The van der Waals surface area contributed by atoms with Crippen molar-refractivity contribution < 1.29 is 9.90 Å². The number of amides is 2. The summed E-state index contributed by atoms with van der Waals surface area (Å²) < 4.78 is 0. The quantitative estimate of drug-likeness (QED) is 0.777. The van der Waals surface area contributed by atoms with Crippen LogP contribution in [-0.4, -0.2) is 54.2 Å². The molecule has 2 rings (SSSR count). The van der Waals surface area contributed by atoms with Crippen molar-refractivity contribution in [1.29, 1.82) is 0 Å². The second-order valence-electron chi connectivity index (χ2n) is 4.74. The number of phenolic OH excluding ortho intramolecular Hbond substituents is 1. The van der Waals surface area contributed by atoms with E-state index in [1.807, 2.05) is 7.05 Å². The van der Waals surface area contributed by atoms with Gasteiger partial charge in [0.1, 0.15) is 5.75 Å². The van der Waals surface area contributed by atoms with Crippen LogP contribution in [0.2, 0.25) is 5.02 Å². The molecule has 1 saturated heterocycles. The third-order valence-electron chi connectivity index (χ3n) is 3.21. The Morgan fingerprint density at radius 2 is 2.11 bits per heavy atom. The van der Waals surface area contributed by atoms with Crippen LogP contribution in [0.4, 0.5) is 10.5 Å². The SMILES string of the molecule is CN1CCCN(C(=O)Nc2cc(Cl)ccc2O)CC1. The van der Waals surface area contributed by atoms with Crippen LogP contribution in [0.3, 0.4) is 0 Å². The Morgan fingerprint density at radius 1 is 1.32 bits per heavy atom. The van der Waals surface area contributed by atoms with Crippen LogP contribution in [0.25, 0.3) is 0 Å². The number of phenols is 1. The second-order valence-corrected chi connectivity index (χ2v) is 5.17. The standard InChI is InChI=1S/C13H18ClN3O2/c1-16-5-2-6-17(8-7-16)13(19)15-11-9-10(14)3-4-12(11)18/h3-4,9,18H,2,5-8H2,1H3,(H,15,19). The van der Waals surface area contributed by atoms with E-state index in [0.29, 0.717) is 17.3 Å². The molecule has 0 spiro atoms. The van der Waals surface area contributed by atoms with Gasteiger partial charge in [-0.15, -0.1) is 0 Å². The van der Waals surface area contributed by atoms with Gasteiger partial charge in [-0.1, -0.05) is 11.6 Å². The number of anilines is 1.